The molecule has 6 heteroatoms. The molecular formula is C27H33N3O3. The summed E-state index contributed by atoms with van der Waals surface area (Å²) in [5.74, 6) is -0.177. The number of unbranched alkanes of at least 4 members (excludes halogenated alkanes) is 4. The first-order chi connectivity index (χ1) is 16.0. The molecule has 3 aromatic rings. The molecule has 2 aromatic carbocycles. The normalized spacial score (nSPS) is 10.9. The second-order valence-corrected chi connectivity index (χ2v) is 8.30. The summed E-state index contributed by atoms with van der Waals surface area (Å²) >= 11 is 0. The Labute approximate surface area is 195 Å². The number of aromatic carboxylic acids is 1. The van der Waals surface area contributed by atoms with Crippen molar-refractivity contribution in [3.63, 3.8) is 0 Å². The van der Waals surface area contributed by atoms with Crippen molar-refractivity contribution in [1.29, 1.82) is 0 Å². The third-order valence-electron chi connectivity index (χ3n) is 5.81. The van der Waals surface area contributed by atoms with Crippen molar-refractivity contribution in [3.8, 4) is 11.1 Å². The highest BCUT2D eigenvalue weighted by Crippen LogP contribution is 2.24. The van der Waals surface area contributed by atoms with Gasteiger partial charge in [0.2, 0.25) is 0 Å². The second-order valence-electron chi connectivity index (χ2n) is 8.30. The number of aryl methyl sites for hydroxylation is 2. The van der Waals surface area contributed by atoms with Gasteiger partial charge in [0.15, 0.2) is 0 Å². The summed E-state index contributed by atoms with van der Waals surface area (Å²) < 4.78 is 3.34. The van der Waals surface area contributed by atoms with Crippen molar-refractivity contribution in [2.45, 2.75) is 65.0 Å². The summed E-state index contributed by atoms with van der Waals surface area (Å²) in [6.45, 7) is 7.05. The summed E-state index contributed by atoms with van der Waals surface area (Å²) in [7, 11) is 0. The minimum absolute atomic E-state index is 0.0788. The monoisotopic (exact) mass is 447 g/mol. The first-order valence-corrected chi connectivity index (χ1v) is 11.7. The SMILES string of the molecule is C=CCCc1nn(CCCCCCC)c(=O)n1Cc1ccc(-c2ccccc2C(=O)O)cc1. The topological polar surface area (TPSA) is 77.1 Å². The lowest BCUT2D eigenvalue weighted by molar-refractivity contribution is 0.0697. The third kappa shape index (κ3) is 6.31. The van der Waals surface area contributed by atoms with Crippen LogP contribution in [0.2, 0.25) is 0 Å². The molecule has 0 fully saturated rings. The molecule has 0 saturated carbocycles. The summed E-state index contributed by atoms with van der Waals surface area (Å²) in [6, 6.07) is 14.7. The number of hydrogen-bond acceptors (Lipinski definition) is 3. The van der Waals surface area contributed by atoms with Gasteiger partial charge in [0, 0.05) is 13.0 Å². The molecule has 0 aliphatic rings. The zero-order valence-corrected chi connectivity index (χ0v) is 19.4. The summed E-state index contributed by atoms with van der Waals surface area (Å²) in [5, 5.41) is 14.1. The van der Waals surface area contributed by atoms with Crippen LogP contribution < -0.4 is 5.69 Å². The van der Waals surface area contributed by atoms with Crippen molar-refractivity contribution in [1.82, 2.24) is 14.3 Å². The number of carbonyl (C=O) groups is 1. The molecule has 174 valence electrons. The van der Waals surface area contributed by atoms with Gasteiger partial charge in [0.25, 0.3) is 0 Å². The lowest BCUT2D eigenvalue weighted by Crippen LogP contribution is -2.26. The second kappa shape index (κ2) is 12.0. The fraction of sp³-hybridized carbons (Fsp3) is 0.370. The quantitative estimate of drug-likeness (QED) is 0.275. The van der Waals surface area contributed by atoms with Gasteiger partial charge in [-0.2, -0.15) is 5.10 Å². The lowest BCUT2D eigenvalue weighted by Gasteiger charge is -2.09. The standard InChI is InChI=1S/C27H33N3O3/c1-3-5-7-8-11-19-30-27(33)29(25(28-30)14-6-4-2)20-21-15-17-22(18-16-21)23-12-9-10-13-24(23)26(31)32/h4,9-10,12-13,15-18H,2-3,5-8,11,14,19-20H2,1H3,(H,31,32). The van der Waals surface area contributed by atoms with Gasteiger partial charge in [-0.05, 0) is 35.6 Å². The molecule has 6 nitrogen and oxygen atoms in total. The van der Waals surface area contributed by atoms with E-state index in [0.717, 1.165) is 36.2 Å². The number of carboxylic acid groups (broad SMARTS) is 1. The minimum atomic E-state index is -0.949. The van der Waals surface area contributed by atoms with Crippen LogP contribution in [0.1, 0.15) is 67.2 Å². The highest BCUT2D eigenvalue weighted by atomic mass is 16.4. The Balaban J connectivity index is 1.79. The van der Waals surface area contributed by atoms with Gasteiger partial charge in [0.05, 0.1) is 12.1 Å². The zero-order valence-electron chi connectivity index (χ0n) is 19.4. The molecule has 0 amide bonds. The van der Waals surface area contributed by atoms with Crippen LogP contribution in [0.5, 0.6) is 0 Å². The molecule has 0 aliphatic heterocycles. The first-order valence-electron chi connectivity index (χ1n) is 11.7. The highest BCUT2D eigenvalue weighted by molar-refractivity contribution is 5.95. The van der Waals surface area contributed by atoms with E-state index in [2.05, 4.69) is 18.6 Å². The Morgan fingerprint density at radius 2 is 1.79 bits per heavy atom. The number of allylic oxidation sites excluding steroid dienone is 1. The molecule has 1 N–H and O–H groups in total. The van der Waals surface area contributed by atoms with Crippen molar-refractivity contribution in [3.05, 3.63) is 88.6 Å². The van der Waals surface area contributed by atoms with E-state index in [1.165, 1.54) is 19.3 Å². The maximum Gasteiger partial charge on any atom is 0.346 e. The number of carboxylic acids is 1. The minimum Gasteiger partial charge on any atom is -0.478 e. The number of rotatable bonds is 13. The molecule has 0 saturated heterocycles. The molecule has 0 unspecified atom stereocenters. The Hall–Kier alpha value is -3.41. The fourth-order valence-corrected chi connectivity index (χ4v) is 3.97. The van der Waals surface area contributed by atoms with Gasteiger partial charge in [-0.1, -0.05) is 81.1 Å². The average Bonchev–Trinajstić information content (AvgIpc) is 3.12. The predicted octanol–water partition coefficient (Wildman–Crippen LogP) is 5.55. The molecular weight excluding hydrogens is 414 g/mol. The van der Waals surface area contributed by atoms with Crippen molar-refractivity contribution < 1.29 is 9.90 Å². The summed E-state index contributed by atoms with van der Waals surface area (Å²) in [4.78, 5) is 24.6. The van der Waals surface area contributed by atoms with E-state index in [1.54, 1.807) is 27.4 Å². The van der Waals surface area contributed by atoms with E-state index in [9.17, 15) is 14.7 Å². The van der Waals surface area contributed by atoms with Crippen LogP contribution in [0, 0.1) is 0 Å². The van der Waals surface area contributed by atoms with Crippen molar-refractivity contribution >= 4 is 5.97 Å². The molecule has 0 aliphatic carbocycles. The average molecular weight is 448 g/mol. The molecule has 33 heavy (non-hydrogen) atoms. The smallest absolute Gasteiger partial charge is 0.346 e. The van der Waals surface area contributed by atoms with E-state index in [0.29, 0.717) is 25.1 Å². The Bertz CT molecular complexity index is 1130. The van der Waals surface area contributed by atoms with E-state index in [4.69, 9.17) is 0 Å². The number of aromatic nitrogens is 3. The lowest BCUT2D eigenvalue weighted by atomic mass is 9.99. The van der Waals surface area contributed by atoms with E-state index >= 15 is 0 Å². The number of hydrogen-bond donors (Lipinski definition) is 1. The van der Waals surface area contributed by atoms with Crippen LogP contribution in [-0.4, -0.2) is 25.4 Å². The van der Waals surface area contributed by atoms with Crippen LogP contribution in [0.4, 0.5) is 0 Å². The van der Waals surface area contributed by atoms with Crippen LogP contribution >= 0.6 is 0 Å². The molecule has 1 aromatic heterocycles. The zero-order chi connectivity index (χ0) is 23.6. The van der Waals surface area contributed by atoms with Gasteiger partial charge >= 0.3 is 11.7 Å². The van der Waals surface area contributed by atoms with Gasteiger partial charge in [-0.3, -0.25) is 4.57 Å². The Morgan fingerprint density at radius 3 is 2.48 bits per heavy atom. The molecule has 3 rings (SSSR count). The third-order valence-corrected chi connectivity index (χ3v) is 5.81. The number of nitrogens with zero attached hydrogens (tertiary/aromatic N) is 3. The van der Waals surface area contributed by atoms with Crippen LogP contribution in [0.15, 0.2) is 66.0 Å². The molecule has 0 radical (unpaired) electrons. The van der Waals surface area contributed by atoms with Crippen LogP contribution in [0.25, 0.3) is 11.1 Å². The van der Waals surface area contributed by atoms with Crippen molar-refractivity contribution in [2.24, 2.45) is 0 Å². The van der Waals surface area contributed by atoms with Gasteiger partial charge in [0.1, 0.15) is 5.82 Å². The maximum absolute atomic E-state index is 13.1. The largest absolute Gasteiger partial charge is 0.478 e. The molecule has 0 bridgehead atoms. The predicted molar refractivity (Wildman–Crippen MR) is 132 cm³/mol. The van der Waals surface area contributed by atoms with Crippen LogP contribution in [-0.2, 0) is 19.5 Å². The first kappa shape index (κ1) is 24.2. The molecule has 1 heterocycles. The highest BCUT2D eigenvalue weighted by Gasteiger charge is 2.14. The molecule has 0 atom stereocenters. The fourth-order valence-electron chi connectivity index (χ4n) is 3.97. The van der Waals surface area contributed by atoms with Gasteiger partial charge < -0.3 is 5.11 Å². The van der Waals surface area contributed by atoms with E-state index in [1.807, 2.05) is 36.4 Å². The van der Waals surface area contributed by atoms with E-state index in [-0.39, 0.29) is 11.3 Å². The van der Waals surface area contributed by atoms with E-state index < -0.39 is 5.97 Å². The Morgan fingerprint density at radius 1 is 1.06 bits per heavy atom. The number of benzene rings is 2. The summed E-state index contributed by atoms with van der Waals surface area (Å²) in [6.07, 6.45) is 8.94. The summed E-state index contributed by atoms with van der Waals surface area (Å²) in [5.41, 5.74) is 2.67. The van der Waals surface area contributed by atoms with Gasteiger partial charge in [-0.15, -0.1) is 6.58 Å². The van der Waals surface area contributed by atoms with Crippen molar-refractivity contribution in [2.75, 3.05) is 0 Å². The maximum atomic E-state index is 13.1. The molecule has 0 spiro atoms. The van der Waals surface area contributed by atoms with Gasteiger partial charge in [-0.25, -0.2) is 14.3 Å². The van der Waals surface area contributed by atoms with Crippen LogP contribution in [0.3, 0.4) is 0 Å². The Kier molecular flexibility index (Phi) is 8.81.